The molecule has 4 rings (SSSR count). The molecule has 0 N–H and O–H groups in total. The summed E-state index contributed by atoms with van der Waals surface area (Å²) >= 11 is 12.3. The zero-order valence-electron chi connectivity index (χ0n) is 16.1. The number of halogens is 2. The predicted molar refractivity (Wildman–Crippen MR) is 115 cm³/mol. The number of carbonyl (C=O) groups is 1. The minimum atomic E-state index is -0.544. The number of hydrogen-bond donors (Lipinski definition) is 0. The van der Waals surface area contributed by atoms with Crippen LogP contribution in [0.2, 0.25) is 10.0 Å². The number of carbonyl (C=O) groups excluding carboxylic acids is 1. The van der Waals surface area contributed by atoms with E-state index in [1.807, 2.05) is 26.2 Å². The van der Waals surface area contributed by atoms with Gasteiger partial charge >= 0.3 is 0 Å². The topological polar surface area (TPSA) is 53.8 Å². The van der Waals surface area contributed by atoms with Gasteiger partial charge in [0.05, 0.1) is 17.0 Å². The molecule has 0 radical (unpaired) electrons. The van der Waals surface area contributed by atoms with E-state index in [0.717, 1.165) is 18.5 Å². The normalized spacial score (nSPS) is 16.1. The van der Waals surface area contributed by atoms with E-state index in [1.54, 1.807) is 35.2 Å². The Labute approximate surface area is 178 Å². The molecule has 1 atom stereocenters. The maximum absolute atomic E-state index is 13.4. The molecule has 3 aromatic rings. The first-order valence-electron chi connectivity index (χ1n) is 9.34. The van der Waals surface area contributed by atoms with Gasteiger partial charge in [-0.3, -0.25) is 9.59 Å². The van der Waals surface area contributed by atoms with Gasteiger partial charge in [0.1, 0.15) is 5.58 Å². The van der Waals surface area contributed by atoms with Gasteiger partial charge < -0.3 is 14.2 Å². The van der Waals surface area contributed by atoms with Crippen molar-refractivity contribution in [2.45, 2.75) is 12.5 Å². The number of amides is 1. The molecule has 0 spiro atoms. The van der Waals surface area contributed by atoms with Crippen LogP contribution in [-0.2, 0) is 0 Å². The summed E-state index contributed by atoms with van der Waals surface area (Å²) in [5, 5.41) is 1.35. The molecule has 29 heavy (non-hydrogen) atoms. The summed E-state index contributed by atoms with van der Waals surface area (Å²) in [4.78, 5) is 30.4. The summed E-state index contributed by atoms with van der Waals surface area (Å²) in [5.74, 6) is -0.183. The average molecular weight is 431 g/mol. The van der Waals surface area contributed by atoms with Crippen molar-refractivity contribution in [1.29, 1.82) is 0 Å². The monoisotopic (exact) mass is 430 g/mol. The first-order valence-corrected chi connectivity index (χ1v) is 10.1. The highest BCUT2D eigenvalue weighted by Crippen LogP contribution is 2.39. The Hall–Kier alpha value is -2.34. The van der Waals surface area contributed by atoms with Crippen LogP contribution in [0.1, 0.15) is 34.1 Å². The van der Waals surface area contributed by atoms with E-state index in [1.165, 1.54) is 0 Å². The molecule has 7 heteroatoms. The lowest BCUT2D eigenvalue weighted by Gasteiger charge is -2.25. The van der Waals surface area contributed by atoms with Crippen molar-refractivity contribution in [1.82, 2.24) is 9.80 Å². The molecule has 5 nitrogen and oxygen atoms in total. The summed E-state index contributed by atoms with van der Waals surface area (Å²) < 4.78 is 5.90. The van der Waals surface area contributed by atoms with E-state index in [9.17, 15) is 9.59 Å². The first kappa shape index (κ1) is 20.0. The lowest BCUT2D eigenvalue weighted by molar-refractivity contribution is 0.0722. The van der Waals surface area contributed by atoms with E-state index in [4.69, 9.17) is 27.6 Å². The number of benzene rings is 2. The second kappa shape index (κ2) is 7.82. The van der Waals surface area contributed by atoms with Crippen molar-refractivity contribution >= 4 is 40.1 Å². The molecule has 150 valence electrons. The van der Waals surface area contributed by atoms with Crippen molar-refractivity contribution < 1.29 is 9.21 Å². The van der Waals surface area contributed by atoms with Crippen LogP contribution >= 0.6 is 23.2 Å². The molecule has 0 fully saturated rings. The third kappa shape index (κ3) is 3.66. The lowest BCUT2D eigenvalue weighted by atomic mass is 9.98. The summed E-state index contributed by atoms with van der Waals surface area (Å²) in [6, 6.07) is 11.5. The van der Waals surface area contributed by atoms with Crippen molar-refractivity contribution in [3.05, 3.63) is 79.6 Å². The second-order valence-electron chi connectivity index (χ2n) is 7.43. The van der Waals surface area contributed by atoms with Crippen LogP contribution in [0.4, 0.5) is 0 Å². The quantitative estimate of drug-likeness (QED) is 0.593. The molecular formula is C22H20Cl2N2O3. The Morgan fingerprint density at radius 2 is 1.83 bits per heavy atom. The fourth-order valence-electron chi connectivity index (χ4n) is 3.80. The van der Waals surface area contributed by atoms with Gasteiger partial charge in [0.25, 0.3) is 5.91 Å². The van der Waals surface area contributed by atoms with E-state index in [2.05, 4.69) is 4.90 Å². The van der Waals surface area contributed by atoms with Gasteiger partial charge in [0, 0.05) is 16.6 Å². The summed E-state index contributed by atoms with van der Waals surface area (Å²) in [5.41, 5.74) is 1.24. The number of hydrogen-bond acceptors (Lipinski definition) is 4. The van der Waals surface area contributed by atoms with Crippen LogP contribution < -0.4 is 5.43 Å². The van der Waals surface area contributed by atoms with E-state index in [0.29, 0.717) is 33.1 Å². The minimum absolute atomic E-state index is 0.0969. The molecule has 0 saturated heterocycles. The van der Waals surface area contributed by atoms with Crippen LogP contribution in [0.3, 0.4) is 0 Å². The minimum Gasteiger partial charge on any atom is -0.450 e. The predicted octanol–water partition coefficient (Wildman–Crippen LogP) is 4.60. The molecule has 1 aromatic heterocycles. The van der Waals surface area contributed by atoms with E-state index in [-0.39, 0.29) is 17.1 Å². The van der Waals surface area contributed by atoms with Gasteiger partial charge in [0.2, 0.25) is 5.76 Å². The maximum atomic E-state index is 13.4. The molecule has 0 saturated carbocycles. The van der Waals surface area contributed by atoms with Crippen LogP contribution in [0.25, 0.3) is 11.0 Å². The van der Waals surface area contributed by atoms with Gasteiger partial charge in [-0.25, -0.2) is 0 Å². The number of nitrogens with zero attached hydrogens (tertiary/aromatic N) is 2. The fraction of sp³-hybridized carbons (Fsp3) is 0.273. The van der Waals surface area contributed by atoms with Crippen LogP contribution in [-0.4, -0.2) is 42.9 Å². The zero-order valence-corrected chi connectivity index (χ0v) is 17.6. The van der Waals surface area contributed by atoms with E-state index >= 15 is 0 Å². The molecule has 2 heterocycles. The Kier molecular flexibility index (Phi) is 5.38. The van der Waals surface area contributed by atoms with Gasteiger partial charge in [-0.05, 0) is 63.0 Å². The number of rotatable bonds is 5. The zero-order chi connectivity index (χ0) is 20.7. The molecular weight excluding hydrogens is 411 g/mol. The van der Waals surface area contributed by atoms with Crippen LogP contribution in [0.5, 0.6) is 0 Å². The highest BCUT2D eigenvalue weighted by Gasteiger charge is 2.42. The molecule has 0 unspecified atom stereocenters. The average Bonchev–Trinajstić information content (AvgIpc) is 2.95. The molecule has 1 amide bonds. The Bertz CT molecular complexity index is 1160. The summed E-state index contributed by atoms with van der Waals surface area (Å²) in [6.45, 7) is 1.32. The van der Waals surface area contributed by atoms with Gasteiger partial charge in [-0.2, -0.15) is 0 Å². The Morgan fingerprint density at radius 1 is 1.07 bits per heavy atom. The highest BCUT2D eigenvalue weighted by molar-refractivity contribution is 6.31. The summed E-state index contributed by atoms with van der Waals surface area (Å²) in [6.07, 6.45) is 0.767. The molecule has 1 aliphatic heterocycles. The largest absolute Gasteiger partial charge is 0.450 e. The first-order chi connectivity index (χ1) is 13.9. The van der Waals surface area contributed by atoms with Crippen molar-refractivity contribution in [2.75, 3.05) is 27.2 Å². The van der Waals surface area contributed by atoms with Crippen LogP contribution in [0, 0.1) is 0 Å². The van der Waals surface area contributed by atoms with Gasteiger partial charge in [-0.15, -0.1) is 0 Å². The second-order valence-corrected chi connectivity index (χ2v) is 8.30. The van der Waals surface area contributed by atoms with Crippen LogP contribution in [0.15, 0.2) is 51.7 Å². The lowest BCUT2D eigenvalue weighted by Crippen LogP contribution is -2.32. The highest BCUT2D eigenvalue weighted by atomic mass is 35.5. The van der Waals surface area contributed by atoms with Crippen molar-refractivity contribution in [3.8, 4) is 0 Å². The third-order valence-corrected chi connectivity index (χ3v) is 5.57. The number of fused-ring (bicyclic) bond motifs is 2. The molecule has 1 aliphatic rings. The Morgan fingerprint density at radius 3 is 2.55 bits per heavy atom. The smallest absolute Gasteiger partial charge is 0.290 e. The standard InChI is InChI=1S/C22H20Cl2N2O3/c1-25(2)9-4-10-26-19(13-5-3-6-14(23)11-13)18-20(27)16-12-15(24)7-8-17(16)29-21(18)22(26)28/h3,5-8,11-12,19H,4,9-10H2,1-2H3/t19-/m1/s1. The molecule has 0 aliphatic carbocycles. The van der Waals surface area contributed by atoms with E-state index < -0.39 is 6.04 Å². The third-order valence-electron chi connectivity index (χ3n) is 5.10. The van der Waals surface area contributed by atoms with Gasteiger partial charge in [0.15, 0.2) is 5.43 Å². The molecule has 0 bridgehead atoms. The maximum Gasteiger partial charge on any atom is 0.290 e. The van der Waals surface area contributed by atoms with Crippen molar-refractivity contribution in [3.63, 3.8) is 0 Å². The fourth-order valence-corrected chi connectivity index (χ4v) is 4.17. The summed E-state index contributed by atoms with van der Waals surface area (Å²) in [7, 11) is 3.97. The molecule has 2 aromatic carbocycles. The van der Waals surface area contributed by atoms with Gasteiger partial charge in [-0.1, -0.05) is 35.3 Å². The Balaban J connectivity index is 1.89. The SMILES string of the molecule is CN(C)CCCN1C(=O)c2oc3ccc(Cl)cc3c(=O)c2[C@H]1c1cccc(Cl)c1. The van der Waals surface area contributed by atoms with Crippen molar-refractivity contribution in [2.24, 2.45) is 0 Å².